The highest BCUT2D eigenvalue weighted by molar-refractivity contribution is 7.99. The van der Waals surface area contributed by atoms with Crippen LogP contribution in [0.2, 0.25) is 10.0 Å². The van der Waals surface area contributed by atoms with Crippen molar-refractivity contribution in [1.29, 1.82) is 0 Å². The van der Waals surface area contributed by atoms with Gasteiger partial charge in [-0.2, -0.15) is 0 Å². The minimum Gasteiger partial charge on any atom is -0.258 e. The first kappa shape index (κ1) is 17.1. The first-order valence-corrected chi connectivity index (χ1v) is 9.27. The topological polar surface area (TPSA) is 77.3 Å². The summed E-state index contributed by atoms with van der Waals surface area (Å²) in [5, 5.41) is 12.0. The van der Waals surface area contributed by atoms with Gasteiger partial charge in [-0.1, -0.05) is 47.1 Å². The lowest BCUT2D eigenvalue weighted by Gasteiger charge is -2.09. The van der Waals surface area contributed by atoms with E-state index in [1.807, 2.05) is 0 Å². The largest absolute Gasteiger partial charge is 0.301 e. The molecule has 9 heteroatoms. The average molecular weight is 378 g/mol. The Bertz CT molecular complexity index is 833. The van der Waals surface area contributed by atoms with Gasteiger partial charge < -0.3 is 0 Å². The second-order valence-electron chi connectivity index (χ2n) is 4.29. The summed E-state index contributed by atoms with van der Waals surface area (Å²) in [6.45, 7) is 0. The zero-order valence-corrected chi connectivity index (χ0v) is 14.3. The molecule has 116 valence electrons. The summed E-state index contributed by atoms with van der Waals surface area (Å²) in [5.74, 6) is 0. The number of nitro benzene ring substituents is 1. The first-order valence-electron chi connectivity index (χ1n) is 5.81. The second kappa shape index (κ2) is 6.45. The highest BCUT2D eigenvalue weighted by atomic mass is 35.5. The van der Waals surface area contributed by atoms with E-state index in [9.17, 15) is 18.5 Å². The third-order valence-corrected chi connectivity index (χ3v) is 5.85. The Labute approximate surface area is 141 Å². The van der Waals surface area contributed by atoms with E-state index in [0.29, 0.717) is 14.9 Å². The molecule has 0 aromatic heterocycles. The van der Waals surface area contributed by atoms with Gasteiger partial charge in [0.2, 0.25) is 0 Å². The maximum atomic E-state index is 11.7. The maximum Gasteiger partial charge on any atom is 0.301 e. The smallest absolute Gasteiger partial charge is 0.258 e. The van der Waals surface area contributed by atoms with Gasteiger partial charge in [0.1, 0.15) is 4.90 Å². The van der Waals surface area contributed by atoms with Crippen LogP contribution < -0.4 is 0 Å². The fourth-order valence-electron chi connectivity index (χ4n) is 1.75. The number of hydrogen-bond donors (Lipinski definition) is 0. The molecule has 0 amide bonds. The van der Waals surface area contributed by atoms with Crippen molar-refractivity contribution in [1.82, 2.24) is 0 Å². The number of nitrogens with zero attached hydrogens (tertiary/aromatic N) is 1. The van der Waals surface area contributed by atoms with E-state index in [0.717, 1.165) is 18.0 Å². The third-order valence-electron chi connectivity index (χ3n) is 2.67. The second-order valence-corrected chi connectivity index (χ2v) is 8.14. The van der Waals surface area contributed by atoms with Crippen LogP contribution in [0.1, 0.15) is 0 Å². The lowest BCUT2D eigenvalue weighted by Crippen LogP contribution is -2.03. The Balaban J connectivity index is 2.64. The van der Waals surface area contributed by atoms with E-state index in [4.69, 9.17) is 23.2 Å². The standard InChI is InChI=1S/C13H9Cl2NO4S2/c1-22(19,20)11-7-3-6-10(12(11)16(17)18)21-13-8(14)4-2-5-9(13)15/h2-7H,1H3. The minimum absolute atomic E-state index is 0.155. The van der Waals surface area contributed by atoms with Crippen molar-refractivity contribution < 1.29 is 13.3 Å². The molecule has 0 unspecified atom stereocenters. The van der Waals surface area contributed by atoms with Crippen molar-refractivity contribution in [3.8, 4) is 0 Å². The van der Waals surface area contributed by atoms with Gasteiger partial charge >= 0.3 is 5.69 Å². The molecule has 22 heavy (non-hydrogen) atoms. The zero-order valence-electron chi connectivity index (χ0n) is 11.1. The summed E-state index contributed by atoms with van der Waals surface area (Å²) < 4.78 is 23.5. The Kier molecular flexibility index (Phi) is 5.01. The summed E-state index contributed by atoms with van der Waals surface area (Å²) in [4.78, 5) is 10.8. The number of sulfone groups is 1. The predicted molar refractivity (Wildman–Crippen MR) is 86.8 cm³/mol. The SMILES string of the molecule is CS(=O)(=O)c1cccc(Sc2c(Cl)cccc2Cl)c1[N+](=O)[O-]. The van der Waals surface area contributed by atoms with Gasteiger partial charge in [-0.15, -0.1) is 0 Å². The molecule has 0 fully saturated rings. The zero-order chi connectivity index (χ0) is 16.5. The van der Waals surface area contributed by atoms with Crippen LogP contribution >= 0.6 is 35.0 Å². The molecule has 5 nitrogen and oxygen atoms in total. The van der Waals surface area contributed by atoms with Crippen molar-refractivity contribution >= 4 is 50.5 Å². The van der Waals surface area contributed by atoms with Crippen molar-refractivity contribution in [3.63, 3.8) is 0 Å². The molecule has 2 aromatic carbocycles. The lowest BCUT2D eigenvalue weighted by atomic mass is 10.3. The fourth-order valence-corrected chi connectivity index (χ4v) is 4.29. The molecule has 0 radical (unpaired) electrons. The number of benzene rings is 2. The molecular weight excluding hydrogens is 369 g/mol. The Hall–Kier alpha value is -1.28. The highest BCUT2D eigenvalue weighted by Crippen LogP contribution is 2.43. The molecule has 0 spiro atoms. The van der Waals surface area contributed by atoms with Crippen molar-refractivity contribution in [2.24, 2.45) is 0 Å². The van der Waals surface area contributed by atoms with E-state index < -0.39 is 20.4 Å². The first-order chi connectivity index (χ1) is 10.2. The lowest BCUT2D eigenvalue weighted by molar-refractivity contribution is -0.390. The van der Waals surface area contributed by atoms with Crippen molar-refractivity contribution in [2.75, 3.05) is 6.26 Å². The molecule has 0 aliphatic carbocycles. The number of rotatable bonds is 4. The molecule has 0 bridgehead atoms. The van der Waals surface area contributed by atoms with Gasteiger partial charge in [0.15, 0.2) is 9.84 Å². The van der Waals surface area contributed by atoms with Crippen LogP contribution in [0.5, 0.6) is 0 Å². The van der Waals surface area contributed by atoms with E-state index in [1.165, 1.54) is 18.2 Å². The summed E-state index contributed by atoms with van der Waals surface area (Å²) in [7, 11) is -3.73. The number of halogens is 2. The van der Waals surface area contributed by atoms with Gasteiger partial charge in [-0.05, 0) is 24.3 Å². The van der Waals surface area contributed by atoms with E-state index >= 15 is 0 Å². The van der Waals surface area contributed by atoms with Gasteiger partial charge in [-0.25, -0.2) is 8.42 Å². The normalized spacial score (nSPS) is 11.4. The van der Waals surface area contributed by atoms with Gasteiger partial charge in [0.25, 0.3) is 0 Å². The average Bonchev–Trinajstić information content (AvgIpc) is 2.41. The molecule has 0 heterocycles. The molecular formula is C13H9Cl2NO4S2. The van der Waals surface area contributed by atoms with E-state index in [2.05, 4.69) is 0 Å². The maximum absolute atomic E-state index is 11.7. The molecule has 2 aromatic rings. The van der Waals surface area contributed by atoms with Crippen LogP contribution in [-0.4, -0.2) is 19.6 Å². The highest BCUT2D eigenvalue weighted by Gasteiger charge is 2.27. The number of hydrogen-bond acceptors (Lipinski definition) is 5. The number of para-hydroxylation sites is 1. The Morgan fingerprint density at radius 2 is 1.64 bits per heavy atom. The van der Waals surface area contributed by atoms with Gasteiger partial charge in [-0.3, -0.25) is 10.1 Å². The van der Waals surface area contributed by atoms with Crippen LogP contribution in [0.3, 0.4) is 0 Å². The Morgan fingerprint density at radius 1 is 1.09 bits per heavy atom. The fraction of sp³-hybridized carbons (Fsp3) is 0.0769. The Morgan fingerprint density at radius 3 is 2.14 bits per heavy atom. The van der Waals surface area contributed by atoms with Gasteiger partial charge in [0.05, 0.1) is 19.9 Å². The summed E-state index contributed by atoms with van der Waals surface area (Å²) in [6, 6.07) is 8.94. The van der Waals surface area contributed by atoms with Crippen molar-refractivity contribution in [2.45, 2.75) is 14.7 Å². The molecule has 0 aliphatic heterocycles. The van der Waals surface area contributed by atoms with Crippen LogP contribution in [0, 0.1) is 10.1 Å². The molecule has 2 rings (SSSR count). The van der Waals surface area contributed by atoms with Crippen LogP contribution in [-0.2, 0) is 9.84 Å². The van der Waals surface area contributed by atoms with E-state index in [-0.39, 0.29) is 9.79 Å². The van der Waals surface area contributed by atoms with Crippen molar-refractivity contribution in [3.05, 3.63) is 56.6 Å². The van der Waals surface area contributed by atoms with Crippen LogP contribution in [0.4, 0.5) is 5.69 Å². The molecule has 0 atom stereocenters. The minimum atomic E-state index is -3.73. The molecule has 0 aliphatic rings. The van der Waals surface area contributed by atoms with E-state index in [1.54, 1.807) is 18.2 Å². The third kappa shape index (κ3) is 3.55. The molecule has 0 saturated heterocycles. The van der Waals surface area contributed by atoms with Crippen LogP contribution in [0.25, 0.3) is 0 Å². The monoisotopic (exact) mass is 377 g/mol. The summed E-state index contributed by atoms with van der Waals surface area (Å²) in [6.07, 6.45) is 0.923. The molecule has 0 saturated carbocycles. The molecule has 0 N–H and O–H groups in total. The van der Waals surface area contributed by atoms with Crippen LogP contribution in [0.15, 0.2) is 51.1 Å². The number of nitro groups is 1. The predicted octanol–water partition coefficient (Wildman–Crippen LogP) is 4.46. The van der Waals surface area contributed by atoms with Gasteiger partial charge in [0, 0.05) is 11.2 Å². The summed E-state index contributed by atoms with van der Waals surface area (Å²) >= 11 is 13.1. The summed E-state index contributed by atoms with van der Waals surface area (Å²) in [5.41, 5.74) is -0.481. The quantitative estimate of drug-likeness (QED) is 0.580.